The molecule has 3 rings (SSSR count). The fourth-order valence-electron chi connectivity index (χ4n) is 3.11. The monoisotopic (exact) mass is 442 g/mol. The van der Waals surface area contributed by atoms with Crippen molar-refractivity contribution in [3.8, 4) is 0 Å². The Labute approximate surface area is 183 Å². The molecule has 2 aromatic carbocycles. The van der Waals surface area contributed by atoms with Crippen molar-refractivity contribution in [2.45, 2.75) is 42.4 Å². The van der Waals surface area contributed by atoms with Crippen LogP contribution in [0.25, 0.3) is 11.0 Å². The Morgan fingerprint density at radius 3 is 2.55 bits per heavy atom. The third-order valence-electron chi connectivity index (χ3n) is 4.71. The normalized spacial score (nSPS) is 11.8. The molecule has 8 nitrogen and oxygen atoms in total. The summed E-state index contributed by atoms with van der Waals surface area (Å²) in [5.74, 6) is 0.0375. The van der Waals surface area contributed by atoms with Crippen LogP contribution in [0.4, 0.5) is 15.5 Å². The van der Waals surface area contributed by atoms with Gasteiger partial charge < -0.3 is 10.1 Å². The zero-order chi connectivity index (χ0) is 22.2. The number of fused-ring (bicyclic) bond motifs is 1. The maximum atomic E-state index is 12.9. The molecule has 2 N–H and O–H groups in total. The molecule has 3 aromatic rings. The molecular weight excluding hydrogens is 416 g/mol. The van der Waals surface area contributed by atoms with Crippen LogP contribution in [0, 0.1) is 0 Å². The number of aromatic nitrogens is 2. The number of ether oxygens (including phenoxy) is 1. The molecule has 9 heteroatoms. The van der Waals surface area contributed by atoms with Gasteiger partial charge >= 0.3 is 12.1 Å². The predicted octanol–water partition coefficient (Wildman–Crippen LogP) is 4.52. The lowest BCUT2D eigenvalue weighted by Crippen LogP contribution is -2.31. The number of carbonyl (C=O) groups is 2. The number of nitrogens with zero attached hydrogens (tertiary/aromatic N) is 2. The second-order valence-electron chi connectivity index (χ2n) is 6.91. The Morgan fingerprint density at radius 1 is 1.06 bits per heavy atom. The van der Waals surface area contributed by atoms with E-state index in [0.717, 1.165) is 25.7 Å². The third-order valence-corrected chi connectivity index (χ3v) is 6.09. The fraction of sp³-hybridized carbons (Fsp3) is 0.318. The number of rotatable bonds is 8. The van der Waals surface area contributed by atoms with E-state index in [1.807, 2.05) is 18.2 Å². The highest BCUT2D eigenvalue weighted by atomic mass is 32.2. The standard InChI is InChI=1S/C22H26N4O4S/c1-3-4-5-9-14-23-21(27)26-19-13-12-17(31(29)16-10-7-6-8-11-16)15-18(19)24-20(26)25-22(28)30-2/h6-8,10-13,15H,3-5,9,14H2,1-2H3,(H,23,27)(H,24,25,28). The molecule has 0 aliphatic heterocycles. The lowest BCUT2D eigenvalue weighted by molar-refractivity contribution is 0.186. The van der Waals surface area contributed by atoms with E-state index < -0.39 is 22.9 Å². The van der Waals surface area contributed by atoms with Crippen molar-refractivity contribution in [1.82, 2.24) is 14.9 Å². The van der Waals surface area contributed by atoms with Gasteiger partial charge in [-0.2, -0.15) is 0 Å². The fourth-order valence-corrected chi connectivity index (χ4v) is 4.20. The first-order valence-electron chi connectivity index (χ1n) is 10.2. The summed E-state index contributed by atoms with van der Waals surface area (Å²) in [5.41, 5.74) is 0.931. The lowest BCUT2D eigenvalue weighted by atomic mass is 10.2. The van der Waals surface area contributed by atoms with E-state index >= 15 is 0 Å². The smallest absolute Gasteiger partial charge is 0.413 e. The van der Waals surface area contributed by atoms with Gasteiger partial charge in [-0.1, -0.05) is 44.4 Å². The number of hydrogen-bond donors (Lipinski definition) is 2. The molecule has 31 heavy (non-hydrogen) atoms. The van der Waals surface area contributed by atoms with Crippen LogP contribution < -0.4 is 10.6 Å². The number of imidazole rings is 1. The Morgan fingerprint density at radius 2 is 1.84 bits per heavy atom. The van der Waals surface area contributed by atoms with Crippen LogP contribution in [0.1, 0.15) is 32.6 Å². The first kappa shape index (κ1) is 22.5. The summed E-state index contributed by atoms with van der Waals surface area (Å²) in [5, 5.41) is 5.34. The second kappa shape index (κ2) is 10.7. The van der Waals surface area contributed by atoms with E-state index in [0.29, 0.717) is 27.4 Å². The number of anilines is 1. The van der Waals surface area contributed by atoms with Crippen LogP contribution in [-0.4, -0.2) is 39.5 Å². The summed E-state index contributed by atoms with van der Waals surface area (Å²) < 4.78 is 18.8. The molecule has 0 saturated heterocycles. The van der Waals surface area contributed by atoms with Gasteiger partial charge in [-0.3, -0.25) is 5.32 Å². The van der Waals surface area contributed by atoms with Gasteiger partial charge in [-0.15, -0.1) is 0 Å². The summed E-state index contributed by atoms with van der Waals surface area (Å²) in [6.45, 7) is 2.65. The van der Waals surface area contributed by atoms with Gasteiger partial charge in [0.2, 0.25) is 5.95 Å². The SMILES string of the molecule is CCCCCCNC(=O)n1c(NC(=O)OC)nc2cc(S(=O)c3ccccc3)ccc21. The minimum atomic E-state index is -1.39. The highest BCUT2D eigenvalue weighted by molar-refractivity contribution is 7.85. The molecule has 0 fully saturated rings. The van der Waals surface area contributed by atoms with Crippen molar-refractivity contribution >= 4 is 39.9 Å². The van der Waals surface area contributed by atoms with E-state index in [9.17, 15) is 13.8 Å². The van der Waals surface area contributed by atoms with E-state index in [2.05, 4.69) is 27.3 Å². The van der Waals surface area contributed by atoms with E-state index in [4.69, 9.17) is 0 Å². The Kier molecular flexibility index (Phi) is 7.77. The Bertz CT molecular complexity index is 1080. The lowest BCUT2D eigenvalue weighted by Gasteiger charge is -2.10. The molecule has 0 aliphatic carbocycles. The summed E-state index contributed by atoms with van der Waals surface area (Å²) in [6, 6.07) is 13.7. The van der Waals surface area contributed by atoms with Crippen LogP contribution >= 0.6 is 0 Å². The van der Waals surface area contributed by atoms with Gasteiger partial charge in [0.15, 0.2) is 0 Å². The summed E-state index contributed by atoms with van der Waals surface area (Å²) in [4.78, 5) is 30.2. The zero-order valence-electron chi connectivity index (χ0n) is 17.6. The van der Waals surface area contributed by atoms with Crippen molar-refractivity contribution in [2.24, 2.45) is 0 Å². The maximum absolute atomic E-state index is 12.9. The molecule has 1 aromatic heterocycles. The summed E-state index contributed by atoms with van der Waals surface area (Å²) in [6.07, 6.45) is 3.39. The van der Waals surface area contributed by atoms with Crippen molar-refractivity contribution < 1.29 is 18.5 Å². The van der Waals surface area contributed by atoms with Gasteiger partial charge in [0.25, 0.3) is 0 Å². The molecule has 1 unspecified atom stereocenters. The van der Waals surface area contributed by atoms with Gasteiger partial charge in [-0.05, 0) is 36.8 Å². The number of hydrogen-bond acceptors (Lipinski definition) is 5. The molecule has 0 bridgehead atoms. The number of methoxy groups -OCH3 is 1. The first-order chi connectivity index (χ1) is 15.0. The number of unbranched alkanes of at least 4 members (excludes halogenated alkanes) is 3. The molecule has 2 amide bonds. The topological polar surface area (TPSA) is 102 Å². The van der Waals surface area contributed by atoms with Crippen molar-refractivity contribution in [3.05, 3.63) is 48.5 Å². The van der Waals surface area contributed by atoms with Gasteiger partial charge in [0.1, 0.15) is 0 Å². The highest BCUT2D eigenvalue weighted by Gasteiger charge is 2.20. The largest absolute Gasteiger partial charge is 0.453 e. The van der Waals surface area contributed by atoms with Crippen molar-refractivity contribution in [2.75, 3.05) is 19.0 Å². The van der Waals surface area contributed by atoms with Gasteiger partial charge in [-0.25, -0.2) is 23.3 Å². The maximum Gasteiger partial charge on any atom is 0.413 e. The minimum Gasteiger partial charge on any atom is -0.453 e. The molecule has 0 aliphatic rings. The quantitative estimate of drug-likeness (QED) is 0.500. The molecular formula is C22H26N4O4S. The molecule has 0 saturated carbocycles. The van der Waals surface area contributed by atoms with E-state index in [1.54, 1.807) is 30.3 Å². The second-order valence-corrected chi connectivity index (χ2v) is 8.39. The first-order valence-corrected chi connectivity index (χ1v) is 11.3. The summed E-state index contributed by atoms with van der Waals surface area (Å²) in [7, 11) is -0.160. The van der Waals surface area contributed by atoms with Gasteiger partial charge in [0.05, 0.1) is 28.9 Å². The van der Waals surface area contributed by atoms with Gasteiger partial charge in [0, 0.05) is 16.3 Å². The molecule has 164 valence electrons. The number of carbonyl (C=O) groups excluding carboxylic acids is 2. The number of amides is 2. The van der Waals surface area contributed by atoms with Crippen molar-refractivity contribution in [1.29, 1.82) is 0 Å². The van der Waals surface area contributed by atoms with Crippen molar-refractivity contribution in [3.63, 3.8) is 0 Å². The number of benzene rings is 2. The highest BCUT2D eigenvalue weighted by Crippen LogP contribution is 2.24. The predicted molar refractivity (Wildman–Crippen MR) is 120 cm³/mol. The molecule has 0 radical (unpaired) electrons. The molecule has 0 spiro atoms. The van der Waals surface area contributed by atoms with E-state index in [1.165, 1.54) is 11.7 Å². The number of nitrogens with one attached hydrogen (secondary N) is 2. The van der Waals surface area contributed by atoms with E-state index in [-0.39, 0.29) is 5.95 Å². The van der Waals surface area contributed by atoms with Crippen LogP contribution in [0.2, 0.25) is 0 Å². The van der Waals surface area contributed by atoms with Crippen LogP contribution in [-0.2, 0) is 15.5 Å². The average molecular weight is 443 g/mol. The average Bonchev–Trinajstić information content (AvgIpc) is 3.15. The Hall–Kier alpha value is -3.20. The van der Waals surface area contributed by atoms with Crippen LogP contribution in [0.3, 0.4) is 0 Å². The molecule has 1 heterocycles. The third kappa shape index (κ3) is 5.49. The zero-order valence-corrected chi connectivity index (χ0v) is 18.4. The Balaban J connectivity index is 1.91. The summed E-state index contributed by atoms with van der Waals surface area (Å²) >= 11 is 0. The van der Waals surface area contributed by atoms with Crippen LogP contribution in [0.5, 0.6) is 0 Å². The minimum absolute atomic E-state index is 0.0375. The molecule has 1 atom stereocenters. The van der Waals surface area contributed by atoms with Crippen LogP contribution in [0.15, 0.2) is 58.3 Å².